The van der Waals surface area contributed by atoms with Crippen molar-refractivity contribution in [3.05, 3.63) is 94.7 Å². The second kappa shape index (κ2) is 13.6. The van der Waals surface area contributed by atoms with Gasteiger partial charge in [-0.1, -0.05) is 61.4 Å². The van der Waals surface area contributed by atoms with Crippen LogP contribution in [0.1, 0.15) is 157 Å². The SMILES string of the molecule is C=C(C(=O)c1coc(C2CC2)n1)c1cc(C(=O)CCCCC2CCCC(=O)C2)ccc1C1CCC(c2ccc(C)cc2)CC1. The summed E-state index contributed by atoms with van der Waals surface area (Å²) < 4.78 is 5.62. The van der Waals surface area contributed by atoms with Gasteiger partial charge < -0.3 is 4.42 Å². The summed E-state index contributed by atoms with van der Waals surface area (Å²) in [4.78, 5) is 43.3. The highest BCUT2D eigenvalue weighted by molar-refractivity contribution is 6.28. The number of aromatic nitrogens is 1. The number of carbonyl (C=O) groups excluding carboxylic acids is 3. The standard InChI is InChI=1S/C39H45NO4/c1-25-10-12-28(13-11-25)29-14-16-30(17-15-29)34-21-20-32(37(42)9-4-3-6-27-7-5-8-33(41)22-27)23-35(34)26(2)38(43)36-24-44-39(40-36)31-18-19-31/h10-13,20-21,23-24,27,29-31H,2-9,14-19,22H2,1H3. The molecule has 3 fully saturated rings. The van der Waals surface area contributed by atoms with Crippen molar-refractivity contribution in [1.29, 1.82) is 0 Å². The van der Waals surface area contributed by atoms with E-state index >= 15 is 0 Å². The zero-order valence-electron chi connectivity index (χ0n) is 26.1. The average molecular weight is 592 g/mol. The molecular formula is C39H45NO4. The van der Waals surface area contributed by atoms with Gasteiger partial charge in [-0.15, -0.1) is 0 Å². The first-order valence-corrected chi connectivity index (χ1v) is 16.8. The molecule has 3 aliphatic rings. The van der Waals surface area contributed by atoms with E-state index in [0.717, 1.165) is 88.2 Å². The Bertz CT molecular complexity index is 1520. The van der Waals surface area contributed by atoms with Gasteiger partial charge in [0.05, 0.1) is 0 Å². The zero-order chi connectivity index (χ0) is 30.6. The van der Waals surface area contributed by atoms with E-state index < -0.39 is 0 Å². The smallest absolute Gasteiger partial charge is 0.214 e. The highest BCUT2D eigenvalue weighted by Crippen LogP contribution is 2.43. The topological polar surface area (TPSA) is 77.2 Å². The largest absolute Gasteiger partial charge is 0.448 e. The molecule has 1 atom stereocenters. The lowest BCUT2D eigenvalue weighted by molar-refractivity contribution is -0.121. The fraction of sp³-hybridized carbons (Fsp3) is 0.487. The first-order chi connectivity index (χ1) is 21.4. The molecule has 0 saturated heterocycles. The molecule has 5 nitrogen and oxygen atoms in total. The van der Waals surface area contributed by atoms with Crippen LogP contribution in [0.15, 0.2) is 59.7 Å². The molecule has 6 rings (SSSR count). The molecule has 0 N–H and O–H groups in total. The predicted octanol–water partition coefficient (Wildman–Crippen LogP) is 9.70. The normalized spacial score (nSPS) is 22.1. The van der Waals surface area contributed by atoms with E-state index in [1.165, 1.54) is 17.4 Å². The van der Waals surface area contributed by atoms with E-state index in [4.69, 9.17) is 4.42 Å². The lowest BCUT2D eigenvalue weighted by atomic mass is 9.74. The van der Waals surface area contributed by atoms with E-state index in [-0.39, 0.29) is 11.6 Å². The van der Waals surface area contributed by atoms with Crippen LogP contribution in [-0.4, -0.2) is 22.3 Å². The Balaban J connectivity index is 1.16. The number of ketones is 3. The third-order valence-corrected chi connectivity index (χ3v) is 10.2. The summed E-state index contributed by atoms with van der Waals surface area (Å²) in [6.45, 7) is 6.38. The fourth-order valence-corrected chi connectivity index (χ4v) is 7.33. The fourth-order valence-electron chi connectivity index (χ4n) is 7.33. The molecule has 2 aromatic carbocycles. The second-order valence-corrected chi connectivity index (χ2v) is 13.6. The number of benzene rings is 2. The van der Waals surface area contributed by atoms with E-state index in [0.29, 0.717) is 65.0 Å². The molecule has 0 spiro atoms. The third-order valence-electron chi connectivity index (χ3n) is 10.2. The van der Waals surface area contributed by atoms with Crippen LogP contribution in [0.5, 0.6) is 0 Å². The minimum Gasteiger partial charge on any atom is -0.448 e. The van der Waals surface area contributed by atoms with E-state index in [9.17, 15) is 14.4 Å². The molecule has 1 aromatic heterocycles. The molecule has 3 saturated carbocycles. The minimum atomic E-state index is -0.234. The number of aryl methyl sites for hydroxylation is 1. The number of hydrogen-bond acceptors (Lipinski definition) is 5. The van der Waals surface area contributed by atoms with Crippen LogP contribution in [0.25, 0.3) is 5.57 Å². The minimum absolute atomic E-state index is 0.0957. The molecular weight excluding hydrogens is 546 g/mol. The first-order valence-electron chi connectivity index (χ1n) is 16.8. The summed E-state index contributed by atoms with van der Waals surface area (Å²) in [5, 5.41) is 0. The maximum Gasteiger partial charge on any atom is 0.214 e. The molecule has 1 heterocycles. The Labute approximate surface area is 261 Å². The lowest BCUT2D eigenvalue weighted by Crippen LogP contribution is -2.15. The van der Waals surface area contributed by atoms with E-state index in [1.807, 2.05) is 12.1 Å². The predicted molar refractivity (Wildman–Crippen MR) is 173 cm³/mol. The van der Waals surface area contributed by atoms with Crippen molar-refractivity contribution in [3.63, 3.8) is 0 Å². The molecule has 0 aliphatic heterocycles. The van der Waals surface area contributed by atoms with E-state index in [1.54, 1.807) is 0 Å². The Kier molecular flexibility index (Phi) is 9.39. The number of carbonyl (C=O) groups is 3. The molecule has 0 radical (unpaired) electrons. The van der Waals surface area contributed by atoms with Crippen molar-refractivity contribution in [2.24, 2.45) is 5.92 Å². The van der Waals surface area contributed by atoms with Crippen LogP contribution in [0.2, 0.25) is 0 Å². The van der Waals surface area contributed by atoms with Gasteiger partial charge >= 0.3 is 0 Å². The summed E-state index contributed by atoms with van der Waals surface area (Å²) >= 11 is 0. The summed E-state index contributed by atoms with van der Waals surface area (Å²) in [6.07, 6.45) is 14.6. The van der Waals surface area contributed by atoms with Crippen molar-refractivity contribution in [3.8, 4) is 0 Å². The van der Waals surface area contributed by atoms with Crippen LogP contribution >= 0.6 is 0 Å². The van der Waals surface area contributed by atoms with Crippen LogP contribution < -0.4 is 0 Å². The van der Waals surface area contributed by atoms with Crippen molar-refractivity contribution in [2.45, 2.75) is 115 Å². The maximum absolute atomic E-state index is 13.6. The summed E-state index contributed by atoms with van der Waals surface area (Å²) in [5.41, 5.74) is 5.88. The number of unbranched alkanes of at least 4 members (excludes halogenated alkanes) is 1. The summed E-state index contributed by atoms with van der Waals surface area (Å²) in [7, 11) is 0. The monoisotopic (exact) mass is 591 g/mol. The van der Waals surface area contributed by atoms with Crippen molar-refractivity contribution >= 4 is 22.9 Å². The summed E-state index contributed by atoms with van der Waals surface area (Å²) in [6, 6.07) is 14.8. The third kappa shape index (κ3) is 7.20. The van der Waals surface area contributed by atoms with Crippen LogP contribution in [0.4, 0.5) is 0 Å². The average Bonchev–Trinajstić information content (AvgIpc) is 3.78. The van der Waals surface area contributed by atoms with Gasteiger partial charge in [-0.05, 0) is 105 Å². The Morgan fingerprint density at radius 3 is 2.36 bits per heavy atom. The Morgan fingerprint density at radius 2 is 1.64 bits per heavy atom. The molecule has 230 valence electrons. The summed E-state index contributed by atoms with van der Waals surface area (Å²) in [5.74, 6) is 2.53. The van der Waals surface area contributed by atoms with Gasteiger partial charge in [-0.3, -0.25) is 14.4 Å². The first kappa shape index (κ1) is 30.4. The maximum atomic E-state index is 13.6. The number of rotatable bonds is 12. The van der Waals surface area contributed by atoms with Crippen LogP contribution in [-0.2, 0) is 4.79 Å². The molecule has 1 unspecified atom stereocenters. The van der Waals surface area contributed by atoms with Gasteiger partial charge in [-0.25, -0.2) is 4.98 Å². The quantitative estimate of drug-likeness (QED) is 0.119. The molecule has 0 bridgehead atoms. The van der Waals surface area contributed by atoms with Gasteiger partial charge in [0.15, 0.2) is 11.7 Å². The van der Waals surface area contributed by atoms with Crippen LogP contribution in [0.3, 0.4) is 0 Å². The Hall–Kier alpha value is -3.60. The van der Waals surface area contributed by atoms with Gasteiger partial charge in [0.1, 0.15) is 17.7 Å². The van der Waals surface area contributed by atoms with E-state index in [2.05, 4.69) is 48.8 Å². The van der Waals surface area contributed by atoms with Gasteiger partial charge in [-0.2, -0.15) is 0 Å². The number of allylic oxidation sites excluding steroid dienone is 1. The molecule has 0 amide bonds. The van der Waals surface area contributed by atoms with Crippen molar-refractivity contribution < 1.29 is 18.8 Å². The van der Waals surface area contributed by atoms with Crippen molar-refractivity contribution in [1.82, 2.24) is 4.98 Å². The second-order valence-electron chi connectivity index (χ2n) is 13.6. The molecule has 44 heavy (non-hydrogen) atoms. The molecule has 3 aromatic rings. The lowest BCUT2D eigenvalue weighted by Gasteiger charge is -2.30. The number of oxazole rings is 1. The highest BCUT2D eigenvalue weighted by atomic mass is 16.3. The zero-order valence-corrected chi connectivity index (χ0v) is 26.1. The van der Waals surface area contributed by atoms with Crippen LogP contribution in [0, 0.1) is 12.8 Å². The van der Waals surface area contributed by atoms with Gasteiger partial charge in [0.2, 0.25) is 5.78 Å². The number of Topliss-reactive ketones (excluding diaryl/α,β-unsaturated/α-hetero) is 3. The molecule has 3 aliphatic carbocycles. The number of nitrogens with zero attached hydrogens (tertiary/aromatic N) is 1. The Morgan fingerprint density at radius 1 is 0.909 bits per heavy atom. The van der Waals surface area contributed by atoms with Gasteiger partial charge in [0, 0.05) is 36.3 Å². The highest BCUT2D eigenvalue weighted by Gasteiger charge is 2.31. The molecule has 5 heteroatoms. The van der Waals surface area contributed by atoms with Crippen molar-refractivity contribution in [2.75, 3.05) is 0 Å². The number of hydrogen-bond donors (Lipinski definition) is 0. The van der Waals surface area contributed by atoms with Gasteiger partial charge in [0.25, 0.3) is 0 Å².